The highest BCUT2D eigenvalue weighted by Gasteiger charge is 2.16. The van der Waals surface area contributed by atoms with Gasteiger partial charge in [0.2, 0.25) is 0 Å². The highest BCUT2D eigenvalue weighted by Crippen LogP contribution is 2.19. The molecule has 94 valence electrons. The maximum atomic E-state index is 8.85. The molecule has 0 N–H and O–H groups in total. The molecule has 0 rings (SSSR count). The lowest BCUT2D eigenvalue weighted by atomic mass is 9.92. The number of nitrogens with zero attached hydrogens (tertiary/aromatic N) is 1. The molecule has 0 aliphatic rings. The van der Waals surface area contributed by atoms with Crippen LogP contribution in [0.25, 0.3) is 0 Å². The van der Waals surface area contributed by atoms with Crippen LogP contribution in [0.5, 0.6) is 0 Å². The molecule has 0 saturated carbocycles. The van der Waals surface area contributed by atoms with Crippen LogP contribution in [-0.4, -0.2) is 12.7 Å². The van der Waals surface area contributed by atoms with Gasteiger partial charge >= 0.3 is 0 Å². The van der Waals surface area contributed by atoms with Gasteiger partial charge in [0.25, 0.3) is 0 Å². The van der Waals surface area contributed by atoms with Gasteiger partial charge in [-0.15, -0.1) is 0 Å². The molecule has 0 fully saturated rings. The Balaban J connectivity index is 3.44. The van der Waals surface area contributed by atoms with Gasteiger partial charge in [-0.1, -0.05) is 32.6 Å². The number of nitriles is 1. The van der Waals surface area contributed by atoms with Crippen molar-refractivity contribution >= 4 is 0 Å². The molecule has 0 aromatic heterocycles. The van der Waals surface area contributed by atoms with Crippen LogP contribution in [0, 0.1) is 16.7 Å². The molecule has 16 heavy (non-hydrogen) atoms. The van der Waals surface area contributed by atoms with Gasteiger partial charge in [-0.2, -0.15) is 5.26 Å². The fourth-order valence-corrected chi connectivity index (χ4v) is 1.51. The van der Waals surface area contributed by atoms with Crippen molar-refractivity contribution in [3.05, 3.63) is 0 Å². The highest BCUT2D eigenvalue weighted by atomic mass is 16.5. The molecule has 0 aliphatic heterocycles. The van der Waals surface area contributed by atoms with E-state index in [1.165, 1.54) is 25.7 Å². The predicted molar refractivity (Wildman–Crippen MR) is 68.2 cm³/mol. The topological polar surface area (TPSA) is 33.0 Å². The lowest BCUT2D eigenvalue weighted by Crippen LogP contribution is -2.15. The number of unbranched alkanes of at least 4 members (excludes halogenated alkanes) is 3. The van der Waals surface area contributed by atoms with Crippen LogP contribution in [0.3, 0.4) is 0 Å². The third kappa shape index (κ3) is 8.73. The molecule has 0 aromatic rings. The zero-order valence-electron chi connectivity index (χ0n) is 11.4. The zero-order chi connectivity index (χ0) is 12.4. The quantitative estimate of drug-likeness (QED) is 0.548. The molecule has 0 aliphatic carbocycles. The van der Waals surface area contributed by atoms with E-state index in [2.05, 4.69) is 19.9 Å². The van der Waals surface area contributed by atoms with Gasteiger partial charge in [-0.05, 0) is 33.6 Å². The van der Waals surface area contributed by atoms with Crippen LogP contribution in [0.2, 0.25) is 0 Å². The first-order chi connectivity index (χ1) is 7.52. The Bertz CT molecular complexity index is 205. The Hall–Kier alpha value is -0.550. The fraction of sp³-hybridized carbons (Fsp3) is 0.929. The smallest absolute Gasteiger partial charge is 0.0684 e. The average Bonchev–Trinajstić information content (AvgIpc) is 2.24. The normalized spacial score (nSPS) is 13.4. The average molecular weight is 225 g/mol. The van der Waals surface area contributed by atoms with E-state index in [0.29, 0.717) is 12.7 Å². The van der Waals surface area contributed by atoms with Crippen LogP contribution in [-0.2, 0) is 4.74 Å². The molecule has 0 bridgehead atoms. The lowest BCUT2D eigenvalue weighted by Gasteiger charge is -2.18. The van der Waals surface area contributed by atoms with E-state index < -0.39 is 0 Å². The summed E-state index contributed by atoms with van der Waals surface area (Å²) >= 11 is 0. The molecule has 0 amide bonds. The summed E-state index contributed by atoms with van der Waals surface area (Å²) in [6, 6.07) is 2.29. The standard InChI is InChI=1S/C14H27NO/c1-5-6-7-8-9-13(2)16-11-10-14(3,4)12-15/h13H,5-11H2,1-4H3. The first kappa shape index (κ1) is 15.4. The van der Waals surface area contributed by atoms with E-state index >= 15 is 0 Å². The number of rotatable bonds is 9. The third-order valence-electron chi connectivity index (χ3n) is 2.90. The Morgan fingerprint density at radius 2 is 1.94 bits per heavy atom. The molecule has 2 heteroatoms. The molecule has 2 nitrogen and oxygen atoms in total. The molecule has 1 unspecified atom stereocenters. The minimum atomic E-state index is -0.248. The molecule has 0 spiro atoms. The van der Waals surface area contributed by atoms with E-state index in [1.807, 2.05) is 13.8 Å². The van der Waals surface area contributed by atoms with Crippen LogP contribution < -0.4 is 0 Å². The zero-order valence-corrected chi connectivity index (χ0v) is 11.4. The van der Waals surface area contributed by atoms with Gasteiger partial charge in [-0.3, -0.25) is 0 Å². The van der Waals surface area contributed by atoms with Gasteiger partial charge in [0.05, 0.1) is 17.6 Å². The third-order valence-corrected chi connectivity index (χ3v) is 2.90. The monoisotopic (exact) mass is 225 g/mol. The molecular formula is C14H27NO. The lowest BCUT2D eigenvalue weighted by molar-refractivity contribution is 0.0464. The Kier molecular flexibility index (Phi) is 8.29. The predicted octanol–water partition coefficient (Wildman–Crippen LogP) is 4.30. The van der Waals surface area contributed by atoms with Crippen molar-refractivity contribution in [2.45, 2.75) is 72.3 Å². The Morgan fingerprint density at radius 1 is 1.25 bits per heavy atom. The van der Waals surface area contributed by atoms with E-state index in [1.54, 1.807) is 0 Å². The van der Waals surface area contributed by atoms with Crippen molar-refractivity contribution < 1.29 is 4.74 Å². The van der Waals surface area contributed by atoms with Crippen molar-refractivity contribution in [2.75, 3.05) is 6.61 Å². The van der Waals surface area contributed by atoms with Crippen LogP contribution in [0.4, 0.5) is 0 Å². The summed E-state index contributed by atoms with van der Waals surface area (Å²) in [5.41, 5.74) is -0.248. The van der Waals surface area contributed by atoms with Crippen molar-refractivity contribution in [2.24, 2.45) is 5.41 Å². The SMILES string of the molecule is CCCCCCC(C)OCCC(C)(C)C#N. The second-order valence-electron chi connectivity index (χ2n) is 5.28. The van der Waals surface area contributed by atoms with Crippen LogP contribution >= 0.6 is 0 Å². The largest absolute Gasteiger partial charge is 0.378 e. The van der Waals surface area contributed by atoms with Crippen LogP contribution in [0.1, 0.15) is 66.2 Å². The summed E-state index contributed by atoms with van der Waals surface area (Å²) in [5, 5.41) is 8.85. The minimum Gasteiger partial charge on any atom is -0.378 e. The van der Waals surface area contributed by atoms with E-state index in [9.17, 15) is 0 Å². The van der Waals surface area contributed by atoms with Gasteiger partial charge in [0.15, 0.2) is 0 Å². The molecule has 0 aromatic carbocycles. The van der Waals surface area contributed by atoms with Crippen molar-refractivity contribution in [1.82, 2.24) is 0 Å². The summed E-state index contributed by atoms with van der Waals surface area (Å²) in [5.74, 6) is 0. The van der Waals surface area contributed by atoms with Gasteiger partial charge in [0, 0.05) is 6.61 Å². The molecule has 1 atom stereocenters. The minimum absolute atomic E-state index is 0.248. The fourth-order valence-electron chi connectivity index (χ4n) is 1.51. The summed E-state index contributed by atoms with van der Waals surface area (Å²) in [7, 11) is 0. The van der Waals surface area contributed by atoms with Crippen LogP contribution in [0.15, 0.2) is 0 Å². The number of hydrogen-bond acceptors (Lipinski definition) is 2. The summed E-state index contributed by atoms with van der Waals surface area (Å²) in [4.78, 5) is 0. The molecule has 0 saturated heterocycles. The highest BCUT2D eigenvalue weighted by molar-refractivity contribution is 4.91. The van der Waals surface area contributed by atoms with E-state index in [0.717, 1.165) is 12.8 Å². The van der Waals surface area contributed by atoms with Gasteiger partial charge in [0.1, 0.15) is 0 Å². The van der Waals surface area contributed by atoms with Crippen molar-refractivity contribution in [3.8, 4) is 6.07 Å². The Labute approximate surface area is 101 Å². The molecule has 0 radical (unpaired) electrons. The maximum Gasteiger partial charge on any atom is 0.0684 e. The first-order valence-corrected chi connectivity index (χ1v) is 6.54. The van der Waals surface area contributed by atoms with Gasteiger partial charge < -0.3 is 4.74 Å². The molecule has 0 heterocycles. The number of hydrogen-bond donors (Lipinski definition) is 0. The van der Waals surface area contributed by atoms with E-state index in [-0.39, 0.29) is 5.41 Å². The Morgan fingerprint density at radius 3 is 2.50 bits per heavy atom. The summed E-state index contributed by atoms with van der Waals surface area (Å²) < 4.78 is 5.71. The number of ether oxygens (including phenoxy) is 1. The first-order valence-electron chi connectivity index (χ1n) is 6.54. The summed E-state index contributed by atoms with van der Waals surface area (Å²) in [6.45, 7) is 8.98. The maximum absolute atomic E-state index is 8.85. The van der Waals surface area contributed by atoms with Crippen molar-refractivity contribution in [1.29, 1.82) is 5.26 Å². The second-order valence-corrected chi connectivity index (χ2v) is 5.28. The summed E-state index contributed by atoms with van der Waals surface area (Å²) in [6.07, 6.45) is 7.49. The second kappa shape index (κ2) is 8.58. The van der Waals surface area contributed by atoms with Crippen molar-refractivity contribution in [3.63, 3.8) is 0 Å². The molecular weight excluding hydrogens is 198 g/mol. The van der Waals surface area contributed by atoms with Gasteiger partial charge in [-0.25, -0.2) is 0 Å². The van der Waals surface area contributed by atoms with E-state index in [4.69, 9.17) is 10.00 Å².